The zero-order valence-electron chi connectivity index (χ0n) is 8.84. The van der Waals surface area contributed by atoms with Gasteiger partial charge in [0.05, 0.1) is 12.8 Å². The minimum atomic E-state index is 0.857. The summed E-state index contributed by atoms with van der Waals surface area (Å²) >= 11 is 0. The Morgan fingerprint density at radius 1 is 1.50 bits per heavy atom. The van der Waals surface area contributed by atoms with Crippen molar-refractivity contribution in [2.75, 3.05) is 12.6 Å². The monoisotopic (exact) mass is 191 g/mol. The average Bonchev–Trinajstić information content (AvgIpc) is 2.21. The van der Waals surface area contributed by atoms with E-state index >= 15 is 0 Å². The molecule has 76 valence electrons. The fourth-order valence-electron chi connectivity index (χ4n) is 1.38. The first kappa shape index (κ1) is 10.8. The van der Waals surface area contributed by atoms with Crippen molar-refractivity contribution < 1.29 is 4.84 Å². The van der Waals surface area contributed by atoms with E-state index in [1.807, 2.05) is 6.08 Å². The maximum absolute atomic E-state index is 4.93. The predicted molar refractivity (Wildman–Crippen MR) is 60.4 cm³/mol. The third kappa shape index (κ3) is 2.60. The third-order valence-corrected chi connectivity index (χ3v) is 2.16. The summed E-state index contributed by atoms with van der Waals surface area (Å²) in [6, 6.07) is 6.36. The fraction of sp³-hybridized carbons (Fsp3) is 0.333. The maximum Gasteiger partial charge on any atom is 0.0642 e. The highest BCUT2D eigenvalue weighted by Crippen LogP contribution is 2.19. The minimum Gasteiger partial charge on any atom is -0.279 e. The molecule has 0 saturated carbocycles. The SMILES string of the molecule is C=CCc1ccc(CC)cc1NOC. The molecule has 0 bridgehead atoms. The summed E-state index contributed by atoms with van der Waals surface area (Å²) in [5, 5.41) is 0. The summed E-state index contributed by atoms with van der Waals surface area (Å²) < 4.78 is 0. The lowest BCUT2D eigenvalue weighted by Gasteiger charge is -2.10. The van der Waals surface area contributed by atoms with Crippen LogP contribution in [-0.2, 0) is 17.7 Å². The molecule has 1 aromatic carbocycles. The number of allylic oxidation sites excluding steroid dienone is 1. The van der Waals surface area contributed by atoms with Gasteiger partial charge in [-0.15, -0.1) is 6.58 Å². The van der Waals surface area contributed by atoms with Gasteiger partial charge >= 0.3 is 0 Å². The number of benzene rings is 1. The summed E-state index contributed by atoms with van der Waals surface area (Å²) in [5.74, 6) is 0. The van der Waals surface area contributed by atoms with E-state index in [-0.39, 0.29) is 0 Å². The predicted octanol–water partition coefficient (Wildman–Crippen LogP) is 2.95. The Bertz CT molecular complexity index is 307. The molecule has 0 aliphatic heterocycles. The van der Waals surface area contributed by atoms with Crippen LogP contribution in [0, 0.1) is 0 Å². The van der Waals surface area contributed by atoms with E-state index in [9.17, 15) is 0 Å². The van der Waals surface area contributed by atoms with E-state index in [1.54, 1.807) is 7.11 Å². The topological polar surface area (TPSA) is 21.3 Å². The van der Waals surface area contributed by atoms with Crippen molar-refractivity contribution in [3.63, 3.8) is 0 Å². The minimum absolute atomic E-state index is 0.857. The Morgan fingerprint density at radius 2 is 2.29 bits per heavy atom. The second kappa shape index (κ2) is 5.45. The molecule has 0 atom stereocenters. The van der Waals surface area contributed by atoms with Crippen molar-refractivity contribution in [1.29, 1.82) is 0 Å². The number of hydrogen-bond donors (Lipinski definition) is 1. The highest BCUT2D eigenvalue weighted by Gasteiger charge is 2.01. The third-order valence-electron chi connectivity index (χ3n) is 2.16. The molecule has 0 unspecified atom stereocenters. The summed E-state index contributed by atoms with van der Waals surface area (Å²) in [5.41, 5.74) is 6.43. The molecule has 0 amide bonds. The molecule has 1 aromatic rings. The molecule has 0 spiro atoms. The molecular weight excluding hydrogens is 174 g/mol. The summed E-state index contributed by atoms with van der Waals surface area (Å²) in [7, 11) is 1.62. The zero-order chi connectivity index (χ0) is 10.4. The van der Waals surface area contributed by atoms with E-state index in [0.717, 1.165) is 18.5 Å². The fourth-order valence-corrected chi connectivity index (χ4v) is 1.38. The summed E-state index contributed by atoms with van der Waals surface area (Å²) in [6.07, 6.45) is 3.78. The van der Waals surface area contributed by atoms with Crippen LogP contribution >= 0.6 is 0 Å². The van der Waals surface area contributed by atoms with Crippen molar-refractivity contribution in [3.8, 4) is 0 Å². The lowest BCUT2D eigenvalue weighted by atomic mass is 10.1. The van der Waals surface area contributed by atoms with Gasteiger partial charge in [0, 0.05) is 0 Å². The van der Waals surface area contributed by atoms with Gasteiger partial charge in [-0.2, -0.15) is 0 Å². The Hall–Kier alpha value is -1.28. The Labute approximate surface area is 85.5 Å². The van der Waals surface area contributed by atoms with Crippen molar-refractivity contribution in [1.82, 2.24) is 0 Å². The molecule has 0 radical (unpaired) electrons. The van der Waals surface area contributed by atoms with Crippen molar-refractivity contribution in [2.45, 2.75) is 19.8 Å². The van der Waals surface area contributed by atoms with Crippen LogP contribution < -0.4 is 5.48 Å². The van der Waals surface area contributed by atoms with Gasteiger partial charge in [0.25, 0.3) is 0 Å². The molecule has 1 N–H and O–H groups in total. The molecule has 0 aliphatic rings. The van der Waals surface area contributed by atoms with Crippen LogP contribution in [0.4, 0.5) is 5.69 Å². The first-order chi connectivity index (χ1) is 6.81. The van der Waals surface area contributed by atoms with Crippen LogP contribution in [-0.4, -0.2) is 7.11 Å². The molecule has 0 fully saturated rings. The summed E-state index contributed by atoms with van der Waals surface area (Å²) in [6.45, 7) is 5.87. The second-order valence-electron chi connectivity index (χ2n) is 3.14. The van der Waals surface area contributed by atoms with Crippen LogP contribution in [0.3, 0.4) is 0 Å². The van der Waals surface area contributed by atoms with Gasteiger partial charge in [0.15, 0.2) is 0 Å². The molecule has 2 nitrogen and oxygen atoms in total. The zero-order valence-corrected chi connectivity index (χ0v) is 8.84. The Kier molecular flexibility index (Phi) is 4.20. The molecule has 1 rings (SSSR count). The van der Waals surface area contributed by atoms with Crippen LogP contribution in [0.1, 0.15) is 18.1 Å². The van der Waals surface area contributed by atoms with Crippen LogP contribution in [0.25, 0.3) is 0 Å². The summed E-state index contributed by atoms with van der Waals surface area (Å²) in [4.78, 5) is 4.93. The smallest absolute Gasteiger partial charge is 0.0642 e. The van der Waals surface area contributed by atoms with E-state index in [2.05, 4.69) is 37.2 Å². The lowest BCUT2D eigenvalue weighted by molar-refractivity contribution is 0.270. The maximum atomic E-state index is 4.93. The molecule has 2 heteroatoms. The molecule has 0 aromatic heterocycles. The van der Waals surface area contributed by atoms with Gasteiger partial charge < -0.3 is 0 Å². The van der Waals surface area contributed by atoms with Gasteiger partial charge in [0.1, 0.15) is 0 Å². The van der Waals surface area contributed by atoms with Crippen molar-refractivity contribution >= 4 is 5.69 Å². The largest absolute Gasteiger partial charge is 0.279 e. The van der Waals surface area contributed by atoms with Gasteiger partial charge in [-0.25, -0.2) is 0 Å². The Balaban J connectivity index is 2.96. The quantitative estimate of drug-likeness (QED) is 0.570. The molecule has 0 saturated heterocycles. The van der Waals surface area contributed by atoms with Crippen LogP contribution in [0.2, 0.25) is 0 Å². The van der Waals surface area contributed by atoms with Crippen LogP contribution in [0.15, 0.2) is 30.9 Å². The highest BCUT2D eigenvalue weighted by atomic mass is 16.6. The lowest BCUT2D eigenvalue weighted by Crippen LogP contribution is -2.00. The molecule has 0 heterocycles. The average molecular weight is 191 g/mol. The first-order valence-corrected chi connectivity index (χ1v) is 4.83. The van der Waals surface area contributed by atoms with E-state index < -0.39 is 0 Å². The number of anilines is 1. The second-order valence-corrected chi connectivity index (χ2v) is 3.14. The molecule has 0 aliphatic carbocycles. The van der Waals surface area contributed by atoms with Gasteiger partial charge in [-0.1, -0.05) is 25.1 Å². The Morgan fingerprint density at radius 3 is 2.86 bits per heavy atom. The first-order valence-electron chi connectivity index (χ1n) is 4.83. The standard InChI is InChI=1S/C12H17NO/c1-4-6-11-8-7-10(5-2)9-12(11)13-14-3/h4,7-9,13H,1,5-6H2,2-3H3. The van der Waals surface area contributed by atoms with E-state index in [1.165, 1.54) is 11.1 Å². The van der Waals surface area contributed by atoms with Crippen molar-refractivity contribution in [2.24, 2.45) is 0 Å². The number of nitrogens with one attached hydrogen (secondary N) is 1. The van der Waals surface area contributed by atoms with Gasteiger partial charge in [0.2, 0.25) is 0 Å². The van der Waals surface area contributed by atoms with Crippen molar-refractivity contribution in [3.05, 3.63) is 42.0 Å². The van der Waals surface area contributed by atoms with E-state index in [4.69, 9.17) is 4.84 Å². The molecule has 14 heavy (non-hydrogen) atoms. The number of hydrogen-bond acceptors (Lipinski definition) is 2. The number of rotatable bonds is 5. The normalized spacial score (nSPS) is 9.86. The highest BCUT2D eigenvalue weighted by molar-refractivity contribution is 5.52. The molecular formula is C12H17NO. The van der Waals surface area contributed by atoms with Gasteiger partial charge in [-0.05, 0) is 30.0 Å². The van der Waals surface area contributed by atoms with E-state index in [0.29, 0.717) is 0 Å². The van der Waals surface area contributed by atoms with Crippen LogP contribution in [0.5, 0.6) is 0 Å². The van der Waals surface area contributed by atoms with Gasteiger partial charge in [-0.3, -0.25) is 10.3 Å². The number of aryl methyl sites for hydroxylation is 1.